The Kier molecular flexibility index (Phi) is 5.89. The highest BCUT2D eigenvalue weighted by molar-refractivity contribution is 7.89. The van der Waals surface area contributed by atoms with Gasteiger partial charge in [-0.1, -0.05) is 0 Å². The Labute approximate surface area is 128 Å². The average molecular weight is 330 g/mol. The van der Waals surface area contributed by atoms with E-state index in [9.17, 15) is 18.0 Å². The Hall–Kier alpha value is -2.13. The highest BCUT2D eigenvalue weighted by Gasteiger charge is 2.22. The van der Waals surface area contributed by atoms with Crippen molar-refractivity contribution in [2.45, 2.75) is 24.8 Å². The summed E-state index contributed by atoms with van der Waals surface area (Å²) < 4.78 is 32.7. The number of benzene rings is 1. The number of nitrogens with one attached hydrogen (secondary N) is 1. The summed E-state index contributed by atoms with van der Waals surface area (Å²) in [5, 5.41) is 7.52. The zero-order chi connectivity index (χ0) is 16.9. The second-order valence-electron chi connectivity index (χ2n) is 4.35. The van der Waals surface area contributed by atoms with Gasteiger partial charge in [-0.3, -0.25) is 4.79 Å². The summed E-state index contributed by atoms with van der Waals surface area (Å²) in [4.78, 5) is 23.4. The number of hydrogen-bond donors (Lipinski definition) is 2. The molecule has 0 aliphatic heterocycles. The van der Waals surface area contributed by atoms with Crippen LogP contribution in [0.25, 0.3) is 0 Å². The van der Waals surface area contributed by atoms with E-state index in [1.807, 2.05) is 0 Å². The van der Waals surface area contributed by atoms with E-state index in [-0.39, 0.29) is 16.2 Å². The van der Waals surface area contributed by atoms with E-state index in [1.54, 1.807) is 6.92 Å². The molecule has 0 radical (unpaired) electrons. The first-order valence-corrected chi connectivity index (χ1v) is 7.94. The van der Waals surface area contributed by atoms with Crippen LogP contribution in [0.1, 0.15) is 24.2 Å². The minimum absolute atomic E-state index is 0.112. The molecule has 0 spiro atoms. The highest BCUT2D eigenvalue weighted by Crippen LogP contribution is 2.23. The highest BCUT2D eigenvalue weighted by atomic mass is 32.2. The maximum Gasteiger partial charge on any atom is 0.342 e. The molecule has 1 amide bonds. The summed E-state index contributed by atoms with van der Waals surface area (Å²) in [7, 11) is -2.66. The van der Waals surface area contributed by atoms with Crippen molar-refractivity contribution in [3.8, 4) is 5.75 Å². The predicted molar refractivity (Wildman–Crippen MR) is 77.9 cm³/mol. The quantitative estimate of drug-likeness (QED) is 0.709. The summed E-state index contributed by atoms with van der Waals surface area (Å²) in [6.45, 7) is 3.52. The maximum atomic E-state index is 12.1. The first-order valence-electron chi connectivity index (χ1n) is 6.40. The molecule has 0 aromatic heterocycles. The second-order valence-corrected chi connectivity index (χ2v) is 5.91. The molecule has 22 heavy (non-hydrogen) atoms. The zero-order valence-electron chi connectivity index (χ0n) is 12.5. The van der Waals surface area contributed by atoms with E-state index >= 15 is 0 Å². The van der Waals surface area contributed by atoms with Gasteiger partial charge in [0.2, 0.25) is 10.0 Å². The molecule has 1 aromatic rings. The molecular weight excluding hydrogens is 312 g/mol. The molecule has 0 saturated carbocycles. The van der Waals surface area contributed by atoms with E-state index in [0.717, 1.165) is 6.07 Å². The number of primary sulfonamides is 1. The van der Waals surface area contributed by atoms with Crippen molar-refractivity contribution in [2.75, 3.05) is 13.7 Å². The molecule has 8 nitrogen and oxygen atoms in total. The predicted octanol–water partition coefficient (Wildman–Crippen LogP) is 0.0240. The largest absolute Gasteiger partial charge is 0.496 e. The normalized spacial score (nSPS) is 12.4. The first kappa shape index (κ1) is 17.9. The molecule has 122 valence electrons. The molecule has 0 unspecified atom stereocenters. The minimum atomic E-state index is -3.98. The van der Waals surface area contributed by atoms with Gasteiger partial charge in [0.15, 0.2) is 6.10 Å². The van der Waals surface area contributed by atoms with Crippen LogP contribution in [0.4, 0.5) is 0 Å². The van der Waals surface area contributed by atoms with Gasteiger partial charge in [0, 0.05) is 6.54 Å². The fraction of sp³-hybridized carbons (Fsp3) is 0.385. The van der Waals surface area contributed by atoms with Gasteiger partial charge in [-0.05, 0) is 32.0 Å². The topological polar surface area (TPSA) is 125 Å². The van der Waals surface area contributed by atoms with Crippen molar-refractivity contribution >= 4 is 21.9 Å². The molecular formula is C13H18N2O6S. The molecule has 1 atom stereocenters. The van der Waals surface area contributed by atoms with E-state index in [1.165, 1.54) is 26.2 Å². The molecule has 0 aliphatic rings. The fourth-order valence-corrected chi connectivity index (χ4v) is 2.16. The number of esters is 1. The van der Waals surface area contributed by atoms with Crippen molar-refractivity contribution in [3.63, 3.8) is 0 Å². The van der Waals surface area contributed by atoms with Gasteiger partial charge in [0.05, 0.1) is 12.0 Å². The molecule has 1 rings (SSSR count). The average Bonchev–Trinajstić information content (AvgIpc) is 2.45. The lowest BCUT2D eigenvalue weighted by molar-refractivity contribution is -0.128. The van der Waals surface area contributed by atoms with Crippen molar-refractivity contribution < 1.29 is 27.5 Å². The van der Waals surface area contributed by atoms with Crippen LogP contribution in [-0.4, -0.2) is 40.1 Å². The minimum Gasteiger partial charge on any atom is -0.496 e. The van der Waals surface area contributed by atoms with Crippen LogP contribution in [-0.2, 0) is 19.6 Å². The zero-order valence-corrected chi connectivity index (χ0v) is 13.3. The number of rotatable bonds is 6. The number of sulfonamides is 1. The van der Waals surface area contributed by atoms with Crippen LogP contribution in [0.3, 0.4) is 0 Å². The summed E-state index contributed by atoms with van der Waals surface area (Å²) in [5.41, 5.74) is -0.134. The van der Waals surface area contributed by atoms with Crippen LogP contribution in [0.5, 0.6) is 5.75 Å². The molecule has 0 heterocycles. The van der Waals surface area contributed by atoms with E-state index < -0.39 is 28.0 Å². The van der Waals surface area contributed by atoms with E-state index in [2.05, 4.69) is 5.32 Å². The van der Waals surface area contributed by atoms with Crippen LogP contribution < -0.4 is 15.2 Å². The molecule has 3 N–H and O–H groups in total. The van der Waals surface area contributed by atoms with Crippen molar-refractivity contribution in [3.05, 3.63) is 23.8 Å². The monoisotopic (exact) mass is 330 g/mol. The summed E-state index contributed by atoms with van der Waals surface area (Å²) >= 11 is 0. The van der Waals surface area contributed by atoms with Crippen LogP contribution in [0.15, 0.2) is 23.1 Å². The molecule has 0 fully saturated rings. The lowest BCUT2D eigenvalue weighted by atomic mass is 10.2. The van der Waals surface area contributed by atoms with Gasteiger partial charge < -0.3 is 14.8 Å². The van der Waals surface area contributed by atoms with Crippen molar-refractivity contribution in [1.82, 2.24) is 5.32 Å². The number of likely N-dealkylation sites (N-methyl/N-ethyl adjacent to an activating group) is 1. The summed E-state index contributed by atoms with van der Waals surface area (Å²) in [5.74, 6) is -1.24. The SMILES string of the molecule is CCNC(=O)[C@@H](C)OC(=O)c1cc(S(N)(=O)=O)ccc1OC. The maximum absolute atomic E-state index is 12.1. The Morgan fingerprint density at radius 1 is 1.36 bits per heavy atom. The van der Waals surface area contributed by atoms with Crippen LogP contribution in [0, 0.1) is 0 Å². The van der Waals surface area contributed by atoms with Crippen LogP contribution in [0.2, 0.25) is 0 Å². The number of amides is 1. The Morgan fingerprint density at radius 2 is 2.00 bits per heavy atom. The summed E-state index contributed by atoms with van der Waals surface area (Å²) in [6.07, 6.45) is -1.03. The molecule has 0 bridgehead atoms. The van der Waals surface area contributed by atoms with Crippen molar-refractivity contribution in [2.24, 2.45) is 5.14 Å². The second kappa shape index (κ2) is 7.23. The third-order valence-corrected chi connectivity index (χ3v) is 3.63. The smallest absolute Gasteiger partial charge is 0.342 e. The Bertz CT molecular complexity index is 671. The number of carbonyl (C=O) groups excluding carboxylic acids is 2. The van der Waals surface area contributed by atoms with Gasteiger partial charge in [-0.15, -0.1) is 0 Å². The molecule has 0 aliphatic carbocycles. The Balaban J connectivity index is 3.08. The van der Waals surface area contributed by atoms with Gasteiger partial charge in [0.25, 0.3) is 5.91 Å². The van der Waals surface area contributed by atoms with Crippen molar-refractivity contribution in [1.29, 1.82) is 0 Å². The summed E-state index contributed by atoms with van der Waals surface area (Å²) in [6, 6.07) is 3.53. The standard InChI is InChI=1S/C13H18N2O6S/c1-4-15-12(16)8(2)21-13(17)10-7-9(22(14,18)19)5-6-11(10)20-3/h5-8H,4H2,1-3H3,(H,15,16)(H2,14,18,19)/t8-/m1/s1. The van der Waals surface area contributed by atoms with Crippen LogP contribution >= 0.6 is 0 Å². The lowest BCUT2D eigenvalue weighted by Gasteiger charge is -2.14. The number of nitrogens with two attached hydrogens (primary N) is 1. The number of hydrogen-bond acceptors (Lipinski definition) is 6. The lowest BCUT2D eigenvalue weighted by Crippen LogP contribution is -2.35. The third kappa shape index (κ3) is 4.43. The molecule has 0 saturated heterocycles. The van der Waals surface area contributed by atoms with Gasteiger partial charge in [-0.2, -0.15) is 0 Å². The molecule has 1 aromatic carbocycles. The van der Waals surface area contributed by atoms with Gasteiger partial charge in [-0.25, -0.2) is 18.4 Å². The molecule has 9 heteroatoms. The number of carbonyl (C=O) groups is 2. The Morgan fingerprint density at radius 3 is 2.50 bits per heavy atom. The number of ether oxygens (including phenoxy) is 2. The first-order chi connectivity index (χ1) is 10.2. The van der Waals surface area contributed by atoms with E-state index in [0.29, 0.717) is 6.54 Å². The number of methoxy groups -OCH3 is 1. The van der Waals surface area contributed by atoms with E-state index in [4.69, 9.17) is 14.6 Å². The fourth-order valence-electron chi connectivity index (χ4n) is 1.62. The van der Waals surface area contributed by atoms with Gasteiger partial charge >= 0.3 is 5.97 Å². The third-order valence-electron chi connectivity index (χ3n) is 2.72. The van der Waals surface area contributed by atoms with Gasteiger partial charge in [0.1, 0.15) is 11.3 Å².